The number of aliphatic hydroxyl groups is 1. The van der Waals surface area contributed by atoms with Crippen LogP contribution in [-0.4, -0.2) is 24.7 Å². The lowest BCUT2D eigenvalue weighted by molar-refractivity contribution is -0.274. The highest BCUT2D eigenvalue weighted by molar-refractivity contribution is 5.30. The largest absolute Gasteiger partial charge is 0.573 e. The molecule has 0 saturated carbocycles. The summed E-state index contributed by atoms with van der Waals surface area (Å²) in [5.41, 5.74) is 0.377. The van der Waals surface area contributed by atoms with E-state index in [2.05, 4.69) is 4.74 Å². The summed E-state index contributed by atoms with van der Waals surface area (Å²) in [7, 11) is 0. The molecule has 0 bridgehead atoms. The second-order valence-corrected chi connectivity index (χ2v) is 4.04. The van der Waals surface area contributed by atoms with Crippen LogP contribution in [0, 0.1) is 0 Å². The van der Waals surface area contributed by atoms with Gasteiger partial charge in [-0.1, -0.05) is 19.1 Å². The normalized spacial score (nSPS) is 13.3. The maximum absolute atomic E-state index is 12.1. The van der Waals surface area contributed by atoms with Crippen LogP contribution in [0.4, 0.5) is 13.2 Å². The van der Waals surface area contributed by atoms with E-state index in [4.69, 9.17) is 4.74 Å². The smallest absolute Gasteiger partial charge is 0.406 e. The molecule has 1 aromatic rings. The van der Waals surface area contributed by atoms with Gasteiger partial charge in [-0.05, 0) is 24.1 Å². The molecule has 108 valence electrons. The number of benzene rings is 1. The van der Waals surface area contributed by atoms with Crippen molar-refractivity contribution in [1.82, 2.24) is 0 Å². The second-order valence-electron chi connectivity index (χ2n) is 4.04. The van der Waals surface area contributed by atoms with Crippen LogP contribution >= 0.6 is 0 Å². The van der Waals surface area contributed by atoms with Crippen molar-refractivity contribution in [2.24, 2.45) is 0 Å². The first-order valence-corrected chi connectivity index (χ1v) is 6.04. The molecule has 0 saturated heterocycles. The van der Waals surface area contributed by atoms with Gasteiger partial charge in [0.25, 0.3) is 0 Å². The van der Waals surface area contributed by atoms with E-state index >= 15 is 0 Å². The van der Waals surface area contributed by atoms with Crippen molar-refractivity contribution in [1.29, 1.82) is 0 Å². The molecule has 0 fully saturated rings. The van der Waals surface area contributed by atoms with Crippen molar-refractivity contribution >= 4 is 0 Å². The first-order chi connectivity index (χ1) is 8.92. The Labute approximate surface area is 110 Å². The fraction of sp³-hybridized carbons (Fsp3) is 0.538. The van der Waals surface area contributed by atoms with Gasteiger partial charge in [0, 0.05) is 19.6 Å². The van der Waals surface area contributed by atoms with E-state index in [0.29, 0.717) is 25.2 Å². The number of rotatable bonds is 7. The van der Waals surface area contributed by atoms with E-state index in [-0.39, 0.29) is 5.75 Å². The Balaban J connectivity index is 2.55. The van der Waals surface area contributed by atoms with Crippen LogP contribution in [0.1, 0.15) is 31.4 Å². The van der Waals surface area contributed by atoms with E-state index in [9.17, 15) is 18.3 Å². The molecule has 0 radical (unpaired) electrons. The topological polar surface area (TPSA) is 38.7 Å². The number of alkyl halides is 3. The average molecular weight is 278 g/mol. The van der Waals surface area contributed by atoms with Crippen LogP contribution in [0.5, 0.6) is 5.75 Å². The minimum absolute atomic E-state index is 0.329. The van der Waals surface area contributed by atoms with Crippen LogP contribution in [-0.2, 0) is 4.74 Å². The number of ether oxygens (including phenoxy) is 2. The fourth-order valence-corrected chi connectivity index (χ4v) is 1.53. The summed E-state index contributed by atoms with van der Waals surface area (Å²) < 4.78 is 45.2. The van der Waals surface area contributed by atoms with Gasteiger partial charge in [0.2, 0.25) is 0 Å². The van der Waals surface area contributed by atoms with Gasteiger partial charge in [0.05, 0.1) is 6.10 Å². The van der Waals surface area contributed by atoms with E-state index in [0.717, 1.165) is 6.42 Å². The molecule has 0 amide bonds. The highest BCUT2D eigenvalue weighted by Gasteiger charge is 2.31. The van der Waals surface area contributed by atoms with Crippen molar-refractivity contribution in [3.05, 3.63) is 29.8 Å². The maximum atomic E-state index is 12.1. The third-order valence-corrected chi connectivity index (χ3v) is 2.36. The lowest BCUT2D eigenvalue weighted by atomic mass is 10.1. The molecule has 0 aliphatic rings. The molecule has 1 atom stereocenters. The summed E-state index contributed by atoms with van der Waals surface area (Å²) in [5.74, 6) is -0.335. The highest BCUT2D eigenvalue weighted by atomic mass is 19.4. The van der Waals surface area contributed by atoms with Gasteiger partial charge in [0.15, 0.2) is 0 Å². The number of hydrogen-bond acceptors (Lipinski definition) is 3. The molecule has 6 heteroatoms. The van der Waals surface area contributed by atoms with Crippen molar-refractivity contribution in [2.75, 3.05) is 13.2 Å². The first kappa shape index (κ1) is 15.8. The molecule has 0 aromatic heterocycles. The third-order valence-electron chi connectivity index (χ3n) is 2.36. The Morgan fingerprint density at radius 3 is 2.63 bits per heavy atom. The SMILES string of the molecule is CCCOCCC(O)c1cccc(OC(F)(F)F)c1. The Bertz CT molecular complexity index is 380. The van der Waals surface area contributed by atoms with Gasteiger partial charge < -0.3 is 14.6 Å². The molecule has 3 nitrogen and oxygen atoms in total. The minimum Gasteiger partial charge on any atom is -0.406 e. The van der Waals surface area contributed by atoms with Gasteiger partial charge in [0.1, 0.15) is 5.75 Å². The molecule has 1 aromatic carbocycles. The van der Waals surface area contributed by atoms with Gasteiger partial charge in [-0.3, -0.25) is 0 Å². The van der Waals surface area contributed by atoms with Crippen molar-refractivity contribution in [3.63, 3.8) is 0 Å². The van der Waals surface area contributed by atoms with E-state index < -0.39 is 12.5 Å². The molecular formula is C13H17F3O3. The molecule has 1 N–H and O–H groups in total. The van der Waals surface area contributed by atoms with Crippen LogP contribution in [0.3, 0.4) is 0 Å². The summed E-state index contributed by atoms with van der Waals surface area (Å²) in [5, 5.41) is 9.83. The zero-order valence-corrected chi connectivity index (χ0v) is 10.6. The summed E-state index contributed by atoms with van der Waals surface area (Å²) in [6, 6.07) is 5.33. The Morgan fingerprint density at radius 2 is 2.00 bits per heavy atom. The van der Waals surface area contributed by atoms with Gasteiger partial charge in [-0.25, -0.2) is 0 Å². The zero-order valence-electron chi connectivity index (χ0n) is 10.6. The quantitative estimate of drug-likeness (QED) is 0.776. The van der Waals surface area contributed by atoms with Crippen LogP contribution in [0.15, 0.2) is 24.3 Å². The Hall–Kier alpha value is -1.27. The van der Waals surface area contributed by atoms with E-state index in [1.54, 1.807) is 6.07 Å². The number of aliphatic hydroxyl groups excluding tert-OH is 1. The predicted molar refractivity (Wildman–Crippen MR) is 63.8 cm³/mol. The van der Waals surface area contributed by atoms with Crippen LogP contribution < -0.4 is 4.74 Å². The van der Waals surface area contributed by atoms with Crippen LogP contribution in [0.2, 0.25) is 0 Å². The maximum Gasteiger partial charge on any atom is 0.573 e. The monoisotopic (exact) mass is 278 g/mol. The molecule has 1 unspecified atom stereocenters. The van der Waals surface area contributed by atoms with Crippen molar-refractivity contribution < 1.29 is 27.8 Å². The first-order valence-electron chi connectivity index (χ1n) is 6.04. The lowest BCUT2D eigenvalue weighted by Crippen LogP contribution is -2.17. The summed E-state index contributed by atoms with van der Waals surface area (Å²) in [6.45, 7) is 2.93. The second kappa shape index (κ2) is 7.35. The fourth-order valence-electron chi connectivity index (χ4n) is 1.53. The Kier molecular flexibility index (Phi) is 6.11. The summed E-state index contributed by atoms with van der Waals surface area (Å²) in [6.07, 6.45) is -4.39. The molecule has 1 rings (SSSR count). The van der Waals surface area contributed by atoms with Gasteiger partial charge >= 0.3 is 6.36 Å². The molecule has 0 heterocycles. The standard InChI is InChI=1S/C13H17F3O3/c1-2-7-18-8-6-12(17)10-4-3-5-11(9-10)19-13(14,15)16/h3-5,9,12,17H,2,6-8H2,1H3. The molecular weight excluding hydrogens is 261 g/mol. The summed E-state index contributed by atoms with van der Waals surface area (Å²) in [4.78, 5) is 0. The third kappa shape index (κ3) is 6.45. The number of halogens is 3. The van der Waals surface area contributed by atoms with Crippen molar-refractivity contribution in [3.8, 4) is 5.75 Å². The van der Waals surface area contributed by atoms with Crippen LogP contribution in [0.25, 0.3) is 0 Å². The predicted octanol–water partition coefficient (Wildman–Crippen LogP) is 3.44. The molecule has 0 spiro atoms. The van der Waals surface area contributed by atoms with Crippen molar-refractivity contribution in [2.45, 2.75) is 32.2 Å². The Morgan fingerprint density at radius 1 is 1.26 bits per heavy atom. The molecule has 0 aliphatic heterocycles. The lowest BCUT2D eigenvalue weighted by Gasteiger charge is -2.14. The highest BCUT2D eigenvalue weighted by Crippen LogP contribution is 2.26. The van der Waals surface area contributed by atoms with E-state index in [1.807, 2.05) is 6.92 Å². The summed E-state index contributed by atoms with van der Waals surface area (Å²) >= 11 is 0. The van der Waals surface area contributed by atoms with Gasteiger partial charge in [-0.2, -0.15) is 0 Å². The molecule has 0 aliphatic carbocycles. The zero-order chi connectivity index (χ0) is 14.3. The van der Waals surface area contributed by atoms with Gasteiger partial charge in [-0.15, -0.1) is 13.2 Å². The molecule has 19 heavy (non-hydrogen) atoms. The minimum atomic E-state index is -4.73. The average Bonchev–Trinajstić information content (AvgIpc) is 2.32. The number of hydrogen-bond donors (Lipinski definition) is 1. The van der Waals surface area contributed by atoms with E-state index in [1.165, 1.54) is 18.2 Å².